The standard InChI is InChI=1S/C14H16N2O2/c15-9-10-3-5-16(6-4-10)14(17)12-8-11(12)13-2-1-7-18-13/h1-2,7,10-12H,3-6,8H2. The molecule has 2 aliphatic rings. The van der Waals surface area contributed by atoms with E-state index in [4.69, 9.17) is 9.68 Å². The molecule has 0 spiro atoms. The van der Waals surface area contributed by atoms with Gasteiger partial charge in [-0.1, -0.05) is 0 Å². The molecule has 1 aromatic rings. The monoisotopic (exact) mass is 244 g/mol. The largest absolute Gasteiger partial charge is 0.469 e. The van der Waals surface area contributed by atoms with E-state index < -0.39 is 0 Å². The molecule has 18 heavy (non-hydrogen) atoms. The lowest BCUT2D eigenvalue weighted by molar-refractivity contribution is -0.133. The second kappa shape index (κ2) is 4.49. The fourth-order valence-corrected chi connectivity index (χ4v) is 2.75. The van der Waals surface area contributed by atoms with Crippen LogP contribution in [0, 0.1) is 23.2 Å². The van der Waals surface area contributed by atoms with Crippen LogP contribution in [0.1, 0.15) is 30.9 Å². The molecular formula is C14H16N2O2. The smallest absolute Gasteiger partial charge is 0.226 e. The minimum absolute atomic E-state index is 0.106. The summed E-state index contributed by atoms with van der Waals surface area (Å²) in [4.78, 5) is 14.2. The van der Waals surface area contributed by atoms with E-state index in [0.29, 0.717) is 0 Å². The number of nitriles is 1. The molecule has 3 rings (SSSR count). The Labute approximate surface area is 106 Å². The van der Waals surface area contributed by atoms with Crippen LogP contribution in [-0.4, -0.2) is 23.9 Å². The zero-order valence-corrected chi connectivity index (χ0v) is 10.2. The number of piperidine rings is 1. The Morgan fingerprint density at radius 2 is 2.22 bits per heavy atom. The predicted octanol–water partition coefficient (Wildman–Crippen LogP) is 2.15. The summed E-state index contributed by atoms with van der Waals surface area (Å²) in [7, 11) is 0. The molecule has 2 fully saturated rings. The predicted molar refractivity (Wildman–Crippen MR) is 64.5 cm³/mol. The van der Waals surface area contributed by atoms with Crippen LogP contribution in [0.2, 0.25) is 0 Å². The second-order valence-electron chi connectivity index (χ2n) is 5.19. The first-order valence-electron chi connectivity index (χ1n) is 6.51. The third-order valence-electron chi connectivity index (χ3n) is 4.01. The van der Waals surface area contributed by atoms with E-state index in [2.05, 4.69) is 6.07 Å². The third-order valence-corrected chi connectivity index (χ3v) is 4.01. The molecule has 1 amide bonds. The molecule has 1 saturated heterocycles. The van der Waals surface area contributed by atoms with Crippen molar-refractivity contribution in [2.24, 2.45) is 11.8 Å². The lowest BCUT2D eigenvalue weighted by atomic mass is 9.98. The number of likely N-dealkylation sites (tertiary alicyclic amines) is 1. The van der Waals surface area contributed by atoms with Gasteiger partial charge in [0, 0.05) is 30.8 Å². The fraction of sp³-hybridized carbons (Fsp3) is 0.571. The van der Waals surface area contributed by atoms with Gasteiger partial charge in [0.15, 0.2) is 0 Å². The molecule has 0 bridgehead atoms. The molecule has 4 nitrogen and oxygen atoms in total. The maximum atomic E-state index is 12.3. The molecule has 1 aliphatic heterocycles. The van der Waals surface area contributed by atoms with Crippen molar-refractivity contribution in [3.63, 3.8) is 0 Å². The van der Waals surface area contributed by atoms with Gasteiger partial charge in [-0.2, -0.15) is 5.26 Å². The van der Waals surface area contributed by atoms with Gasteiger partial charge in [0.05, 0.1) is 12.3 Å². The number of amides is 1. The first-order valence-corrected chi connectivity index (χ1v) is 6.51. The van der Waals surface area contributed by atoms with Crippen molar-refractivity contribution in [3.05, 3.63) is 24.2 Å². The normalized spacial score (nSPS) is 27.8. The summed E-state index contributed by atoms with van der Waals surface area (Å²) in [5.41, 5.74) is 0. The van der Waals surface area contributed by atoms with E-state index in [1.165, 1.54) is 0 Å². The lowest BCUT2D eigenvalue weighted by Crippen LogP contribution is -2.39. The zero-order valence-electron chi connectivity index (χ0n) is 10.2. The molecule has 2 unspecified atom stereocenters. The molecule has 0 N–H and O–H groups in total. The Morgan fingerprint density at radius 3 is 2.83 bits per heavy atom. The summed E-state index contributed by atoms with van der Waals surface area (Å²) in [5, 5.41) is 8.84. The minimum atomic E-state index is 0.106. The number of rotatable bonds is 2. The van der Waals surface area contributed by atoms with Crippen LogP contribution >= 0.6 is 0 Å². The number of carbonyl (C=O) groups excluding carboxylic acids is 1. The average Bonchev–Trinajstić information content (AvgIpc) is 3.03. The van der Waals surface area contributed by atoms with Crippen molar-refractivity contribution in [2.45, 2.75) is 25.2 Å². The highest BCUT2D eigenvalue weighted by Gasteiger charge is 2.47. The van der Waals surface area contributed by atoms with Gasteiger partial charge in [0.25, 0.3) is 0 Å². The van der Waals surface area contributed by atoms with E-state index in [-0.39, 0.29) is 23.7 Å². The van der Waals surface area contributed by atoms with Crippen molar-refractivity contribution < 1.29 is 9.21 Å². The van der Waals surface area contributed by atoms with Gasteiger partial charge in [-0.15, -0.1) is 0 Å². The Bertz CT molecular complexity index is 466. The molecule has 1 aromatic heterocycles. The highest BCUT2D eigenvalue weighted by molar-refractivity contribution is 5.82. The number of nitrogens with zero attached hydrogens (tertiary/aromatic N) is 2. The van der Waals surface area contributed by atoms with Crippen molar-refractivity contribution in [1.82, 2.24) is 4.90 Å². The van der Waals surface area contributed by atoms with Gasteiger partial charge < -0.3 is 9.32 Å². The van der Waals surface area contributed by atoms with Crippen molar-refractivity contribution in [2.75, 3.05) is 13.1 Å². The minimum Gasteiger partial charge on any atom is -0.469 e. The third kappa shape index (κ3) is 2.01. The maximum absolute atomic E-state index is 12.3. The maximum Gasteiger partial charge on any atom is 0.226 e. The van der Waals surface area contributed by atoms with Crippen molar-refractivity contribution >= 4 is 5.91 Å². The Kier molecular flexibility index (Phi) is 2.83. The molecule has 94 valence electrons. The summed E-state index contributed by atoms with van der Waals surface area (Å²) in [5.74, 6) is 1.69. The van der Waals surface area contributed by atoms with Crippen LogP contribution in [0.25, 0.3) is 0 Å². The van der Waals surface area contributed by atoms with Crippen LogP contribution in [0.15, 0.2) is 22.8 Å². The quantitative estimate of drug-likeness (QED) is 0.800. The second-order valence-corrected chi connectivity index (χ2v) is 5.19. The van der Waals surface area contributed by atoms with E-state index in [1.54, 1.807) is 6.26 Å². The number of hydrogen-bond acceptors (Lipinski definition) is 3. The molecule has 0 aromatic carbocycles. The fourth-order valence-electron chi connectivity index (χ4n) is 2.75. The summed E-state index contributed by atoms with van der Waals surface area (Å²) in [6.45, 7) is 1.47. The molecule has 2 atom stereocenters. The van der Waals surface area contributed by atoms with Gasteiger partial charge in [-0.3, -0.25) is 4.79 Å². The number of furan rings is 1. The zero-order chi connectivity index (χ0) is 12.5. The van der Waals surface area contributed by atoms with Crippen LogP contribution in [0.3, 0.4) is 0 Å². The van der Waals surface area contributed by atoms with Crippen LogP contribution in [0.5, 0.6) is 0 Å². The van der Waals surface area contributed by atoms with E-state index >= 15 is 0 Å². The SMILES string of the molecule is N#CC1CCN(C(=O)C2CC2c2ccco2)CC1. The van der Waals surface area contributed by atoms with Gasteiger partial charge in [-0.05, 0) is 31.4 Å². The number of hydrogen-bond donors (Lipinski definition) is 0. The van der Waals surface area contributed by atoms with Crippen molar-refractivity contribution in [3.8, 4) is 6.07 Å². The van der Waals surface area contributed by atoms with E-state index in [1.807, 2.05) is 17.0 Å². The summed E-state index contributed by atoms with van der Waals surface area (Å²) >= 11 is 0. The molecule has 1 saturated carbocycles. The summed E-state index contributed by atoms with van der Waals surface area (Å²) < 4.78 is 5.35. The van der Waals surface area contributed by atoms with Crippen LogP contribution in [0.4, 0.5) is 0 Å². The lowest BCUT2D eigenvalue weighted by Gasteiger charge is -2.29. The molecular weight excluding hydrogens is 228 g/mol. The molecule has 2 heterocycles. The van der Waals surface area contributed by atoms with Gasteiger partial charge in [0.2, 0.25) is 5.91 Å². The Hall–Kier alpha value is -1.76. The first-order chi connectivity index (χ1) is 8.79. The van der Waals surface area contributed by atoms with Crippen LogP contribution < -0.4 is 0 Å². The number of carbonyl (C=O) groups is 1. The molecule has 1 aliphatic carbocycles. The molecule has 4 heteroatoms. The van der Waals surface area contributed by atoms with Crippen LogP contribution in [-0.2, 0) is 4.79 Å². The topological polar surface area (TPSA) is 57.2 Å². The van der Waals surface area contributed by atoms with Crippen molar-refractivity contribution in [1.29, 1.82) is 5.26 Å². The first kappa shape index (κ1) is 11.3. The average molecular weight is 244 g/mol. The molecule has 0 radical (unpaired) electrons. The summed E-state index contributed by atoms with van der Waals surface area (Å²) in [6, 6.07) is 6.10. The van der Waals surface area contributed by atoms with Gasteiger partial charge >= 0.3 is 0 Å². The van der Waals surface area contributed by atoms with E-state index in [9.17, 15) is 4.79 Å². The Morgan fingerprint density at radius 1 is 1.44 bits per heavy atom. The highest BCUT2D eigenvalue weighted by atomic mass is 16.3. The van der Waals surface area contributed by atoms with E-state index in [0.717, 1.165) is 38.1 Å². The van der Waals surface area contributed by atoms with Gasteiger partial charge in [0.1, 0.15) is 5.76 Å². The summed E-state index contributed by atoms with van der Waals surface area (Å²) in [6.07, 6.45) is 4.21. The van der Waals surface area contributed by atoms with Gasteiger partial charge in [-0.25, -0.2) is 0 Å². The highest BCUT2D eigenvalue weighted by Crippen LogP contribution is 2.48. The Balaban J connectivity index is 1.56.